The standard InChI is InChI=1S/C10H6N4OS/c15-13-6-8-7-16-10(14-8)3-2-9-11-4-1-5-12-9/h1,4-7,15H/b13-6-. The van der Waals surface area contributed by atoms with E-state index in [0.29, 0.717) is 16.5 Å². The average molecular weight is 230 g/mol. The third-order valence-electron chi connectivity index (χ3n) is 1.56. The normalized spacial score (nSPS) is 10.0. The highest BCUT2D eigenvalue weighted by Gasteiger charge is 1.96. The molecule has 0 unspecified atom stereocenters. The molecule has 5 nitrogen and oxygen atoms in total. The van der Waals surface area contributed by atoms with Crippen molar-refractivity contribution in [3.8, 4) is 11.8 Å². The van der Waals surface area contributed by atoms with E-state index in [0.717, 1.165) is 0 Å². The molecule has 0 amide bonds. The maximum Gasteiger partial charge on any atom is 0.205 e. The number of hydrogen-bond donors (Lipinski definition) is 1. The van der Waals surface area contributed by atoms with Crippen LogP contribution in [0, 0.1) is 11.8 Å². The molecule has 0 aliphatic carbocycles. The Morgan fingerprint density at radius 3 is 2.88 bits per heavy atom. The van der Waals surface area contributed by atoms with Gasteiger partial charge in [-0.2, -0.15) is 0 Å². The Hall–Kier alpha value is -2.26. The number of oxime groups is 1. The molecule has 78 valence electrons. The van der Waals surface area contributed by atoms with Crippen LogP contribution in [-0.2, 0) is 0 Å². The van der Waals surface area contributed by atoms with Crippen LogP contribution < -0.4 is 0 Å². The average Bonchev–Trinajstić information content (AvgIpc) is 2.76. The van der Waals surface area contributed by atoms with Crippen LogP contribution in [0.3, 0.4) is 0 Å². The van der Waals surface area contributed by atoms with Gasteiger partial charge in [-0.1, -0.05) is 5.16 Å². The lowest BCUT2D eigenvalue weighted by Gasteiger charge is -1.83. The maximum atomic E-state index is 8.31. The highest BCUT2D eigenvalue weighted by Crippen LogP contribution is 2.06. The van der Waals surface area contributed by atoms with Crippen LogP contribution >= 0.6 is 11.3 Å². The zero-order chi connectivity index (χ0) is 11.2. The zero-order valence-corrected chi connectivity index (χ0v) is 8.85. The van der Waals surface area contributed by atoms with Crippen molar-refractivity contribution < 1.29 is 5.21 Å². The molecule has 0 radical (unpaired) electrons. The summed E-state index contributed by atoms with van der Waals surface area (Å²) >= 11 is 1.37. The lowest BCUT2D eigenvalue weighted by atomic mass is 10.5. The van der Waals surface area contributed by atoms with E-state index in [2.05, 4.69) is 31.9 Å². The first-order chi connectivity index (χ1) is 7.88. The van der Waals surface area contributed by atoms with Gasteiger partial charge in [-0.3, -0.25) is 0 Å². The number of rotatable bonds is 1. The molecule has 1 N–H and O–H groups in total. The Morgan fingerprint density at radius 2 is 2.12 bits per heavy atom. The minimum Gasteiger partial charge on any atom is -0.411 e. The van der Waals surface area contributed by atoms with Gasteiger partial charge in [0, 0.05) is 17.8 Å². The first kappa shape index (κ1) is 10.3. The highest BCUT2D eigenvalue weighted by molar-refractivity contribution is 7.10. The number of hydrogen-bond acceptors (Lipinski definition) is 6. The van der Waals surface area contributed by atoms with Gasteiger partial charge in [-0.25, -0.2) is 15.0 Å². The monoisotopic (exact) mass is 230 g/mol. The first-order valence-corrected chi connectivity index (χ1v) is 5.18. The quantitative estimate of drug-likeness (QED) is 0.345. The van der Waals surface area contributed by atoms with Crippen molar-refractivity contribution in [1.29, 1.82) is 0 Å². The lowest BCUT2D eigenvalue weighted by molar-refractivity contribution is 0.321. The molecule has 0 fully saturated rings. The highest BCUT2D eigenvalue weighted by atomic mass is 32.1. The molecule has 2 heterocycles. The van der Waals surface area contributed by atoms with E-state index in [4.69, 9.17) is 5.21 Å². The molecule has 0 aromatic carbocycles. The maximum absolute atomic E-state index is 8.31. The van der Waals surface area contributed by atoms with Crippen LogP contribution in [0.2, 0.25) is 0 Å². The van der Waals surface area contributed by atoms with E-state index in [9.17, 15) is 0 Å². The minimum absolute atomic E-state index is 0.454. The summed E-state index contributed by atoms with van der Waals surface area (Å²) in [7, 11) is 0. The fraction of sp³-hybridized carbons (Fsp3) is 0. The van der Waals surface area contributed by atoms with E-state index in [1.54, 1.807) is 23.8 Å². The van der Waals surface area contributed by atoms with Gasteiger partial charge in [-0.05, 0) is 17.9 Å². The number of nitrogens with zero attached hydrogens (tertiary/aromatic N) is 4. The number of aromatic nitrogens is 3. The Labute approximate surface area is 95.5 Å². The Kier molecular flexibility index (Phi) is 3.21. The predicted molar refractivity (Wildman–Crippen MR) is 59.5 cm³/mol. The van der Waals surface area contributed by atoms with Crippen LogP contribution in [-0.4, -0.2) is 26.4 Å². The Morgan fingerprint density at radius 1 is 1.31 bits per heavy atom. The van der Waals surface area contributed by atoms with Gasteiger partial charge in [-0.15, -0.1) is 11.3 Å². The summed E-state index contributed by atoms with van der Waals surface area (Å²) in [5.74, 6) is 6.07. The van der Waals surface area contributed by atoms with E-state index < -0.39 is 0 Å². The summed E-state index contributed by atoms with van der Waals surface area (Å²) in [4.78, 5) is 12.0. The smallest absolute Gasteiger partial charge is 0.205 e. The fourth-order valence-electron chi connectivity index (χ4n) is 0.935. The van der Waals surface area contributed by atoms with Crippen molar-refractivity contribution in [3.05, 3.63) is 40.4 Å². The van der Waals surface area contributed by atoms with Crippen molar-refractivity contribution in [2.45, 2.75) is 0 Å². The molecule has 2 aromatic rings. The molecule has 0 atom stereocenters. The second-order valence-electron chi connectivity index (χ2n) is 2.64. The molecule has 16 heavy (non-hydrogen) atoms. The lowest BCUT2D eigenvalue weighted by Crippen LogP contribution is -1.85. The molecular weight excluding hydrogens is 224 g/mol. The largest absolute Gasteiger partial charge is 0.411 e. The molecular formula is C10H6N4OS. The van der Waals surface area contributed by atoms with Gasteiger partial charge < -0.3 is 5.21 Å². The van der Waals surface area contributed by atoms with Crippen LogP contribution in [0.25, 0.3) is 0 Å². The molecule has 0 saturated heterocycles. The fourth-order valence-corrected chi connectivity index (χ4v) is 1.55. The minimum atomic E-state index is 0.454. The summed E-state index contributed by atoms with van der Waals surface area (Å²) in [6.07, 6.45) is 4.51. The number of thiazole rings is 1. The first-order valence-electron chi connectivity index (χ1n) is 4.30. The summed E-state index contributed by atoms with van der Waals surface area (Å²) in [6, 6.07) is 1.73. The van der Waals surface area contributed by atoms with E-state index >= 15 is 0 Å². The van der Waals surface area contributed by atoms with Gasteiger partial charge in [0.25, 0.3) is 0 Å². The molecule has 0 aliphatic heterocycles. The summed E-state index contributed by atoms with van der Waals surface area (Å²) < 4.78 is 0. The van der Waals surface area contributed by atoms with Crippen molar-refractivity contribution in [2.24, 2.45) is 5.16 Å². The summed E-state index contributed by atoms with van der Waals surface area (Å²) in [5.41, 5.74) is 0.575. The van der Waals surface area contributed by atoms with Crippen molar-refractivity contribution in [1.82, 2.24) is 15.0 Å². The van der Waals surface area contributed by atoms with Crippen molar-refractivity contribution >= 4 is 17.6 Å². The molecule has 2 rings (SSSR count). The summed E-state index contributed by atoms with van der Waals surface area (Å²) in [6.45, 7) is 0. The third-order valence-corrected chi connectivity index (χ3v) is 2.33. The van der Waals surface area contributed by atoms with Crippen molar-refractivity contribution in [2.75, 3.05) is 0 Å². The van der Waals surface area contributed by atoms with E-state index in [-0.39, 0.29) is 0 Å². The Balaban J connectivity index is 2.18. The molecule has 0 bridgehead atoms. The van der Waals surface area contributed by atoms with E-state index in [1.165, 1.54) is 17.6 Å². The van der Waals surface area contributed by atoms with Crippen LogP contribution in [0.5, 0.6) is 0 Å². The topological polar surface area (TPSA) is 71.3 Å². The van der Waals surface area contributed by atoms with Crippen LogP contribution in [0.1, 0.15) is 16.5 Å². The molecule has 0 aliphatic rings. The van der Waals surface area contributed by atoms with Crippen LogP contribution in [0.4, 0.5) is 0 Å². The second kappa shape index (κ2) is 5.00. The molecule has 0 spiro atoms. The van der Waals surface area contributed by atoms with Crippen molar-refractivity contribution in [3.63, 3.8) is 0 Å². The Bertz CT molecular complexity index is 553. The van der Waals surface area contributed by atoms with Crippen LogP contribution in [0.15, 0.2) is 29.0 Å². The third kappa shape index (κ3) is 2.62. The molecule has 6 heteroatoms. The predicted octanol–water partition coefficient (Wildman–Crippen LogP) is 1.14. The van der Waals surface area contributed by atoms with Gasteiger partial charge in [0.2, 0.25) is 5.82 Å². The second-order valence-corrected chi connectivity index (χ2v) is 3.50. The van der Waals surface area contributed by atoms with Gasteiger partial charge in [0.15, 0.2) is 5.01 Å². The molecule has 2 aromatic heterocycles. The van der Waals surface area contributed by atoms with Gasteiger partial charge >= 0.3 is 0 Å². The van der Waals surface area contributed by atoms with Gasteiger partial charge in [0.1, 0.15) is 0 Å². The van der Waals surface area contributed by atoms with Gasteiger partial charge in [0.05, 0.1) is 11.9 Å². The molecule has 0 saturated carbocycles. The van der Waals surface area contributed by atoms with E-state index in [1.807, 2.05) is 0 Å². The zero-order valence-electron chi connectivity index (χ0n) is 8.03. The summed E-state index contributed by atoms with van der Waals surface area (Å²) in [5, 5.41) is 13.6. The SMILES string of the molecule is O/N=C\c1csc(C#Cc2ncccn2)n1.